The number of hydrogen-bond donors (Lipinski definition) is 2. The van der Waals surface area contributed by atoms with Gasteiger partial charge in [-0.25, -0.2) is 4.79 Å². The number of carboxylic acid groups (broad SMARTS) is 1. The molecule has 2 atom stereocenters. The van der Waals surface area contributed by atoms with Gasteiger partial charge in [-0.2, -0.15) is 0 Å². The fourth-order valence-electron chi connectivity index (χ4n) is 1.29. The predicted molar refractivity (Wildman–Crippen MR) is 44.8 cm³/mol. The molecule has 0 heterocycles. The van der Waals surface area contributed by atoms with Gasteiger partial charge < -0.3 is 10.2 Å². The Morgan fingerprint density at radius 3 is 2.50 bits per heavy atom. The molecular weight excluding hydrogens is 156 g/mol. The van der Waals surface area contributed by atoms with E-state index in [2.05, 4.69) is 0 Å². The second kappa shape index (κ2) is 3.05. The van der Waals surface area contributed by atoms with Gasteiger partial charge in [-0.15, -0.1) is 0 Å². The molecule has 3 nitrogen and oxygen atoms in total. The van der Waals surface area contributed by atoms with Crippen LogP contribution in [0.1, 0.15) is 33.1 Å². The van der Waals surface area contributed by atoms with Crippen LogP contribution < -0.4 is 0 Å². The van der Waals surface area contributed by atoms with Crippen molar-refractivity contribution in [3.05, 3.63) is 0 Å². The Labute approximate surface area is 72.4 Å². The fraction of sp³-hybridized carbons (Fsp3) is 0.889. The highest BCUT2D eigenvalue weighted by atomic mass is 16.4. The summed E-state index contributed by atoms with van der Waals surface area (Å²) in [5.41, 5.74) is -1.55. The highest BCUT2D eigenvalue weighted by Gasteiger charge is 2.39. The molecule has 0 radical (unpaired) electrons. The SMILES string of the molecule is CC(CC1CC1)C(C)(O)C(=O)O. The van der Waals surface area contributed by atoms with E-state index < -0.39 is 11.6 Å². The minimum absolute atomic E-state index is 0.150. The normalized spacial score (nSPS) is 24.6. The second-order valence-corrected chi connectivity index (χ2v) is 4.03. The molecule has 1 fully saturated rings. The Hall–Kier alpha value is -0.570. The van der Waals surface area contributed by atoms with Crippen LogP contribution >= 0.6 is 0 Å². The van der Waals surface area contributed by atoms with Crippen LogP contribution in [0, 0.1) is 11.8 Å². The lowest BCUT2D eigenvalue weighted by molar-refractivity contribution is -0.162. The number of carboxylic acids is 1. The monoisotopic (exact) mass is 172 g/mol. The Bertz CT molecular complexity index is 182. The third kappa shape index (κ3) is 1.97. The Morgan fingerprint density at radius 1 is 1.67 bits per heavy atom. The van der Waals surface area contributed by atoms with E-state index in [9.17, 15) is 9.90 Å². The lowest BCUT2D eigenvalue weighted by atomic mass is 9.87. The van der Waals surface area contributed by atoms with Crippen LogP contribution in [0.4, 0.5) is 0 Å². The van der Waals surface area contributed by atoms with Gasteiger partial charge in [-0.1, -0.05) is 19.8 Å². The summed E-state index contributed by atoms with van der Waals surface area (Å²) in [6, 6.07) is 0. The smallest absolute Gasteiger partial charge is 0.335 e. The average molecular weight is 172 g/mol. The summed E-state index contributed by atoms with van der Waals surface area (Å²) >= 11 is 0. The first kappa shape index (κ1) is 9.52. The van der Waals surface area contributed by atoms with Gasteiger partial charge in [0.2, 0.25) is 0 Å². The van der Waals surface area contributed by atoms with Crippen molar-refractivity contribution in [2.45, 2.75) is 38.7 Å². The third-order valence-electron chi connectivity index (χ3n) is 2.78. The van der Waals surface area contributed by atoms with Crippen molar-refractivity contribution in [2.75, 3.05) is 0 Å². The van der Waals surface area contributed by atoms with Crippen molar-refractivity contribution in [3.8, 4) is 0 Å². The quantitative estimate of drug-likeness (QED) is 0.671. The Balaban J connectivity index is 2.47. The summed E-state index contributed by atoms with van der Waals surface area (Å²) in [6.45, 7) is 3.18. The molecule has 1 saturated carbocycles. The van der Waals surface area contributed by atoms with Gasteiger partial charge in [0.15, 0.2) is 5.60 Å². The van der Waals surface area contributed by atoms with Gasteiger partial charge in [0.05, 0.1) is 0 Å². The highest BCUT2D eigenvalue weighted by Crippen LogP contribution is 2.38. The van der Waals surface area contributed by atoms with E-state index in [1.54, 1.807) is 6.92 Å². The van der Waals surface area contributed by atoms with E-state index in [0.29, 0.717) is 5.92 Å². The van der Waals surface area contributed by atoms with Gasteiger partial charge in [0, 0.05) is 0 Å². The molecule has 0 aliphatic heterocycles. The van der Waals surface area contributed by atoms with Gasteiger partial charge in [0.1, 0.15) is 0 Å². The zero-order valence-corrected chi connectivity index (χ0v) is 7.58. The van der Waals surface area contributed by atoms with E-state index in [0.717, 1.165) is 6.42 Å². The lowest BCUT2D eigenvalue weighted by Crippen LogP contribution is -2.41. The number of aliphatic carboxylic acids is 1. The summed E-state index contributed by atoms with van der Waals surface area (Å²) in [4.78, 5) is 10.6. The van der Waals surface area contributed by atoms with Crippen molar-refractivity contribution < 1.29 is 15.0 Å². The van der Waals surface area contributed by atoms with Crippen molar-refractivity contribution in [1.29, 1.82) is 0 Å². The molecule has 0 aromatic carbocycles. The maximum atomic E-state index is 10.6. The summed E-state index contributed by atoms with van der Waals surface area (Å²) in [6.07, 6.45) is 3.22. The first-order valence-corrected chi connectivity index (χ1v) is 4.40. The third-order valence-corrected chi connectivity index (χ3v) is 2.78. The van der Waals surface area contributed by atoms with Crippen molar-refractivity contribution in [2.24, 2.45) is 11.8 Å². The largest absolute Gasteiger partial charge is 0.479 e. The van der Waals surface area contributed by atoms with Crippen LogP contribution in [0.15, 0.2) is 0 Å². The molecule has 0 amide bonds. The van der Waals surface area contributed by atoms with Crippen LogP contribution in [0.3, 0.4) is 0 Å². The van der Waals surface area contributed by atoms with E-state index in [1.807, 2.05) is 0 Å². The zero-order chi connectivity index (χ0) is 9.35. The molecule has 0 spiro atoms. The lowest BCUT2D eigenvalue weighted by Gasteiger charge is -2.25. The summed E-state index contributed by atoms with van der Waals surface area (Å²) in [5, 5.41) is 18.2. The molecule has 1 aliphatic rings. The topological polar surface area (TPSA) is 57.5 Å². The van der Waals surface area contributed by atoms with E-state index >= 15 is 0 Å². The summed E-state index contributed by atoms with van der Waals surface area (Å²) in [7, 11) is 0. The standard InChI is InChI=1S/C9H16O3/c1-6(5-7-3-4-7)9(2,12)8(10)11/h6-7,12H,3-5H2,1-2H3,(H,10,11). The molecule has 70 valence electrons. The van der Waals surface area contributed by atoms with Crippen molar-refractivity contribution >= 4 is 5.97 Å². The first-order chi connectivity index (χ1) is 5.44. The molecule has 0 bridgehead atoms. The predicted octanol–water partition coefficient (Wildman–Crippen LogP) is 1.26. The number of aliphatic hydroxyl groups is 1. The minimum atomic E-state index is -1.55. The molecule has 0 aromatic heterocycles. The summed E-state index contributed by atoms with van der Waals surface area (Å²) < 4.78 is 0. The average Bonchev–Trinajstić information content (AvgIpc) is 2.71. The summed E-state index contributed by atoms with van der Waals surface area (Å²) in [5.74, 6) is -0.607. The van der Waals surface area contributed by atoms with Crippen LogP contribution in [0.5, 0.6) is 0 Å². The molecule has 0 aromatic rings. The highest BCUT2D eigenvalue weighted by molar-refractivity contribution is 5.76. The second-order valence-electron chi connectivity index (χ2n) is 4.03. The molecule has 12 heavy (non-hydrogen) atoms. The molecule has 2 unspecified atom stereocenters. The van der Waals surface area contributed by atoms with Crippen molar-refractivity contribution in [1.82, 2.24) is 0 Å². The van der Waals surface area contributed by atoms with Crippen LogP contribution in [0.2, 0.25) is 0 Å². The van der Waals surface area contributed by atoms with Gasteiger partial charge in [-0.3, -0.25) is 0 Å². The molecule has 2 N–H and O–H groups in total. The minimum Gasteiger partial charge on any atom is -0.479 e. The van der Waals surface area contributed by atoms with Crippen LogP contribution in [-0.2, 0) is 4.79 Å². The fourth-order valence-corrected chi connectivity index (χ4v) is 1.29. The van der Waals surface area contributed by atoms with Crippen LogP contribution in [-0.4, -0.2) is 21.8 Å². The molecular formula is C9H16O3. The van der Waals surface area contributed by atoms with E-state index in [4.69, 9.17) is 5.11 Å². The van der Waals surface area contributed by atoms with Gasteiger partial charge in [0.25, 0.3) is 0 Å². The van der Waals surface area contributed by atoms with E-state index in [1.165, 1.54) is 19.8 Å². The number of carbonyl (C=O) groups is 1. The maximum Gasteiger partial charge on any atom is 0.335 e. The number of hydrogen-bond acceptors (Lipinski definition) is 2. The number of rotatable bonds is 4. The molecule has 1 rings (SSSR count). The van der Waals surface area contributed by atoms with Gasteiger partial charge >= 0.3 is 5.97 Å². The molecule has 0 saturated heterocycles. The van der Waals surface area contributed by atoms with Crippen molar-refractivity contribution in [3.63, 3.8) is 0 Å². The molecule has 1 aliphatic carbocycles. The Morgan fingerprint density at radius 2 is 2.17 bits per heavy atom. The van der Waals surface area contributed by atoms with Crippen LogP contribution in [0.25, 0.3) is 0 Å². The Kier molecular flexibility index (Phi) is 2.42. The van der Waals surface area contributed by atoms with E-state index in [-0.39, 0.29) is 5.92 Å². The first-order valence-electron chi connectivity index (χ1n) is 4.40. The zero-order valence-electron chi connectivity index (χ0n) is 7.58. The molecule has 3 heteroatoms. The maximum absolute atomic E-state index is 10.6. The van der Waals surface area contributed by atoms with Gasteiger partial charge in [-0.05, 0) is 25.2 Å².